The van der Waals surface area contributed by atoms with Gasteiger partial charge in [-0.25, -0.2) is 4.79 Å². The molecule has 0 rings (SSSR count). The average Bonchev–Trinajstić information content (AvgIpc) is 3.02. The predicted molar refractivity (Wildman–Crippen MR) is 190 cm³/mol. The van der Waals surface area contributed by atoms with Crippen molar-refractivity contribution in [1.29, 1.82) is 0 Å². The number of nitrogens with one attached hydrogen (secondary N) is 2. The van der Waals surface area contributed by atoms with E-state index in [0.717, 1.165) is 58.2 Å². The maximum Gasteiger partial charge on any atom is 0.407 e. The molecule has 0 aliphatic carbocycles. The number of hydrogen-bond donors (Lipinski definition) is 2. The summed E-state index contributed by atoms with van der Waals surface area (Å²) < 4.78 is 17.0. The van der Waals surface area contributed by atoms with E-state index in [1.54, 1.807) is 0 Å². The van der Waals surface area contributed by atoms with Crippen LogP contribution in [0, 0.1) is 5.92 Å². The topological polar surface area (TPSA) is 85.9 Å². The number of hydrogen-bond acceptors (Lipinski definition) is 5. The minimum Gasteiger partial charge on any atom is -0.450 e. The first-order valence-corrected chi connectivity index (χ1v) is 19.3. The maximum absolute atomic E-state index is 12.1. The Hall–Kier alpha value is -1.34. The quantitative estimate of drug-likeness (QED) is 0.0684. The van der Waals surface area contributed by atoms with Crippen molar-refractivity contribution < 1.29 is 23.8 Å². The van der Waals surface area contributed by atoms with Crippen LogP contribution in [0.25, 0.3) is 0 Å². The highest BCUT2D eigenvalue weighted by atomic mass is 16.5. The van der Waals surface area contributed by atoms with Gasteiger partial charge >= 0.3 is 6.09 Å². The van der Waals surface area contributed by atoms with Gasteiger partial charge in [-0.3, -0.25) is 4.79 Å². The van der Waals surface area contributed by atoms with Crippen LogP contribution in [0.5, 0.6) is 0 Å². The average molecular weight is 641 g/mol. The van der Waals surface area contributed by atoms with E-state index in [9.17, 15) is 9.59 Å². The van der Waals surface area contributed by atoms with Crippen molar-refractivity contribution in [1.82, 2.24) is 10.6 Å². The lowest BCUT2D eigenvalue weighted by Crippen LogP contribution is -2.34. The van der Waals surface area contributed by atoms with Crippen LogP contribution in [-0.4, -0.2) is 57.1 Å². The molecule has 45 heavy (non-hydrogen) atoms. The van der Waals surface area contributed by atoms with E-state index in [2.05, 4.69) is 38.3 Å². The molecule has 0 spiro atoms. The molecule has 268 valence electrons. The monoisotopic (exact) mass is 641 g/mol. The molecule has 0 fully saturated rings. The van der Waals surface area contributed by atoms with Crippen molar-refractivity contribution in [3.63, 3.8) is 0 Å². The number of carbonyl (C=O) groups excluding carboxylic acids is 2. The lowest BCUT2D eigenvalue weighted by atomic mass is 9.99. The molecule has 0 aromatic heterocycles. The van der Waals surface area contributed by atoms with Crippen molar-refractivity contribution in [2.75, 3.05) is 39.5 Å². The number of unbranched alkanes of at least 4 members (excludes halogenated alkanes) is 17. The van der Waals surface area contributed by atoms with Gasteiger partial charge in [-0.1, -0.05) is 124 Å². The van der Waals surface area contributed by atoms with Crippen molar-refractivity contribution in [3.05, 3.63) is 0 Å². The highest BCUT2D eigenvalue weighted by Crippen LogP contribution is 2.19. The molecule has 0 saturated carbocycles. The second-order valence-corrected chi connectivity index (χ2v) is 13.5. The van der Waals surface area contributed by atoms with E-state index in [1.165, 1.54) is 96.3 Å². The summed E-state index contributed by atoms with van der Waals surface area (Å²) in [5.74, 6) is 0.459. The molecule has 0 aliphatic heterocycles. The first-order valence-electron chi connectivity index (χ1n) is 19.3. The van der Waals surface area contributed by atoms with Gasteiger partial charge in [-0.15, -0.1) is 0 Å². The van der Waals surface area contributed by atoms with Crippen molar-refractivity contribution in [2.24, 2.45) is 5.92 Å². The highest BCUT2D eigenvalue weighted by Gasteiger charge is 2.21. The Kier molecular flexibility index (Phi) is 31.6. The van der Waals surface area contributed by atoms with E-state index < -0.39 is 0 Å². The van der Waals surface area contributed by atoms with E-state index in [0.29, 0.717) is 38.6 Å². The molecule has 2 N–H and O–H groups in total. The molecule has 0 aliphatic rings. The third kappa shape index (κ3) is 31.0. The number of rotatable bonds is 34. The largest absolute Gasteiger partial charge is 0.450 e. The van der Waals surface area contributed by atoms with Crippen LogP contribution in [0.2, 0.25) is 0 Å². The van der Waals surface area contributed by atoms with E-state index >= 15 is 0 Å². The van der Waals surface area contributed by atoms with Gasteiger partial charge in [0.25, 0.3) is 0 Å². The fourth-order valence-electron chi connectivity index (χ4n) is 5.56. The molecule has 0 bridgehead atoms. The molecule has 0 aromatic carbocycles. The van der Waals surface area contributed by atoms with Gasteiger partial charge < -0.3 is 24.8 Å². The first kappa shape index (κ1) is 43.7. The van der Waals surface area contributed by atoms with E-state index in [-0.39, 0.29) is 17.6 Å². The second-order valence-electron chi connectivity index (χ2n) is 13.5. The molecule has 2 amide bonds. The summed E-state index contributed by atoms with van der Waals surface area (Å²) in [5, 5.41) is 5.81. The SMILES string of the molecule is CCCCCCCCCCCCCCCCCCOCC(C)CCOC(=O)NCCCCCC(=O)NCCC(C)(CC)OCC. The molecule has 0 radical (unpaired) electrons. The number of carbonyl (C=O) groups is 2. The number of alkyl carbamates (subject to hydrolysis) is 1. The maximum atomic E-state index is 12.1. The Morgan fingerprint density at radius 1 is 0.667 bits per heavy atom. The van der Waals surface area contributed by atoms with Crippen LogP contribution in [0.1, 0.15) is 182 Å². The van der Waals surface area contributed by atoms with Gasteiger partial charge in [0.15, 0.2) is 0 Å². The highest BCUT2D eigenvalue weighted by molar-refractivity contribution is 5.75. The summed E-state index contributed by atoms with van der Waals surface area (Å²) in [6.07, 6.45) is 27.4. The van der Waals surface area contributed by atoms with Gasteiger partial charge in [-0.05, 0) is 58.3 Å². The van der Waals surface area contributed by atoms with E-state index in [4.69, 9.17) is 14.2 Å². The van der Waals surface area contributed by atoms with Crippen molar-refractivity contribution in [2.45, 2.75) is 188 Å². The van der Waals surface area contributed by atoms with Crippen LogP contribution < -0.4 is 10.6 Å². The first-order chi connectivity index (χ1) is 21.9. The summed E-state index contributed by atoms with van der Waals surface area (Å²) in [7, 11) is 0. The summed E-state index contributed by atoms with van der Waals surface area (Å²) in [6.45, 7) is 14.5. The lowest BCUT2D eigenvalue weighted by molar-refractivity contribution is -0.121. The van der Waals surface area contributed by atoms with Crippen LogP contribution >= 0.6 is 0 Å². The zero-order valence-corrected chi connectivity index (χ0v) is 30.6. The molecular formula is C38H76N2O5. The van der Waals surface area contributed by atoms with Crippen molar-refractivity contribution in [3.8, 4) is 0 Å². The van der Waals surface area contributed by atoms with Crippen LogP contribution in [0.15, 0.2) is 0 Å². The van der Waals surface area contributed by atoms with Crippen LogP contribution in [0.4, 0.5) is 4.79 Å². The zero-order chi connectivity index (χ0) is 33.3. The number of ether oxygens (including phenoxy) is 3. The van der Waals surface area contributed by atoms with Crippen LogP contribution in [0.3, 0.4) is 0 Å². The van der Waals surface area contributed by atoms with Gasteiger partial charge in [0.1, 0.15) is 0 Å². The third-order valence-corrected chi connectivity index (χ3v) is 8.96. The van der Waals surface area contributed by atoms with Crippen LogP contribution in [-0.2, 0) is 19.0 Å². The molecule has 0 heterocycles. The molecule has 7 heteroatoms. The normalized spacial score (nSPS) is 13.4. The second kappa shape index (κ2) is 32.6. The molecule has 0 aromatic rings. The Morgan fingerprint density at radius 2 is 1.22 bits per heavy atom. The summed E-state index contributed by atoms with van der Waals surface area (Å²) in [6, 6.07) is 0. The minimum absolute atomic E-state index is 0.0837. The fraction of sp³-hybridized carbons (Fsp3) is 0.947. The van der Waals surface area contributed by atoms with Gasteiger partial charge in [0.05, 0.1) is 12.2 Å². The van der Waals surface area contributed by atoms with Gasteiger partial charge in [-0.2, -0.15) is 0 Å². The Labute approximate surface area is 279 Å². The molecule has 2 atom stereocenters. The number of amides is 2. The van der Waals surface area contributed by atoms with Gasteiger partial charge in [0, 0.05) is 39.3 Å². The molecule has 2 unspecified atom stereocenters. The standard InChI is InChI=1S/C38H76N2O5/c1-6-9-10-11-12-13-14-15-16-17-18-19-20-21-22-26-32-43-34-35(4)28-33-44-37(42)40-30-25-23-24-27-36(41)39-31-29-38(5,7-2)45-8-3/h35H,6-34H2,1-5H3,(H,39,41)(H,40,42). The Bertz CT molecular complexity index is 662. The Morgan fingerprint density at radius 3 is 1.78 bits per heavy atom. The lowest BCUT2D eigenvalue weighted by Gasteiger charge is -2.28. The third-order valence-electron chi connectivity index (χ3n) is 8.96. The molecule has 0 saturated heterocycles. The molecule has 7 nitrogen and oxygen atoms in total. The predicted octanol–water partition coefficient (Wildman–Crippen LogP) is 10.3. The van der Waals surface area contributed by atoms with E-state index in [1.807, 2.05) is 6.92 Å². The minimum atomic E-state index is -0.359. The molecular weight excluding hydrogens is 564 g/mol. The smallest absolute Gasteiger partial charge is 0.407 e. The summed E-state index contributed by atoms with van der Waals surface area (Å²) >= 11 is 0. The summed E-state index contributed by atoms with van der Waals surface area (Å²) in [5.41, 5.74) is -0.168. The Balaban J connectivity index is 3.42. The summed E-state index contributed by atoms with van der Waals surface area (Å²) in [4.78, 5) is 24.0. The fourth-order valence-corrected chi connectivity index (χ4v) is 5.56. The van der Waals surface area contributed by atoms with Crippen molar-refractivity contribution >= 4 is 12.0 Å². The zero-order valence-electron chi connectivity index (χ0n) is 30.6. The van der Waals surface area contributed by atoms with Gasteiger partial charge in [0.2, 0.25) is 5.91 Å².